The van der Waals surface area contributed by atoms with Crippen molar-refractivity contribution < 1.29 is 14.3 Å². The zero-order valence-corrected chi connectivity index (χ0v) is 17.8. The second-order valence-electron chi connectivity index (χ2n) is 7.69. The van der Waals surface area contributed by atoms with E-state index < -0.39 is 0 Å². The number of carbonyl (C=O) groups is 1. The van der Waals surface area contributed by atoms with E-state index in [2.05, 4.69) is 10.3 Å². The van der Waals surface area contributed by atoms with E-state index in [-0.39, 0.29) is 12.5 Å². The van der Waals surface area contributed by atoms with Crippen molar-refractivity contribution in [3.8, 4) is 11.5 Å². The highest BCUT2D eigenvalue weighted by atomic mass is 16.5. The first-order valence-corrected chi connectivity index (χ1v) is 11.0. The number of hydrogen-bond donors (Lipinski definition) is 1. The van der Waals surface area contributed by atoms with Gasteiger partial charge in [-0.25, -0.2) is 0 Å². The first-order chi connectivity index (χ1) is 15.3. The summed E-state index contributed by atoms with van der Waals surface area (Å²) < 4.78 is 11.8. The van der Waals surface area contributed by atoms with Crippen molar-refractivity contribution in [2.24, 2.45) is 0 Å². The van der Waals surface area contributed by atoms with Gasteiger partial charge in [0.05, 0.1) is 0 Å². The van der Waals surface area contributed by atoms with Gasteiger partial charge in [-0.2, -0.15) is 0 Å². The van der Waals surface area contributed by atoms with Crippen molar-refractivity contribution >= 4 is 16.8 Å². The lowest BCUT2D eigenvalue weighted by atomic mass is 10.1. The van der Waals surface area contributed by atoms with Crippen molar-refractivity contribution in [1.29, 1.82) is 0 Å². The molecule has 1 fully saturated rings. The molecule has 1 amide bonds. The van der Waals surface area contributed by atoms with Crippen LogP contribution in [-0.2, 0) is 11.3 Å². The summed E-state index contributed by atoms with van der Waals surface area (Å²) >= 11 is 0. The van der Waals surface area contributed by atoms with E-state index in [1.54, 1.807) is 6.20 Å². The largest absolute Gasteiger partial charge is 0.490 e. The number of pyridine rings is 1. The number of para-hydroxylation sites is 2. The van der Waals surface area contributed by atoms with Gasteiger partial charge in [-0.15, -0.1) is 0 Å². The van der Waals surface area contributed by atoms with Crippen LogP contribution in [0.2, 0.25) is 0 Å². The Hall–Kier alpha value is -3.12. The topological polar surface area (TPSA) is 63.7 Å². The van der Waals surface area contributed by atoms with Crippen LogP contribution in [0.15, 0.2) is 60.8 Å². The Morgan fingerprint density at radius 2 is 1.74 bits per heavy atom. The summed E-state index contributed by atoms with van der Waals surface area (Å²) in [5, 5.41) is 4.46. The van der Waals surface area contributed by atoms with Crippen LogP contribution in [0.5, 0.6) is 11.5 Å². The van der Waals surface area contributed by atoms with Gasteiger partial charge in [0.2, 0.25) is 0 Å². The number of piperidine rings is 1. The molecule has 1 N–H and O–H groups in total. The predicted molar refractivity (Wildman–Crippen MR) is 121 cm³/mol. The molecule has 0 atom stereocenters. The fraction of sp³-hybridized carbons (Fsp3) is 0.360. The highest BCUT2D eigenvalue weighted by Gasteiger charge is 2.17. The molecule has 0 spiro atoms. The molecule has 2 aromatic carbocycles. The molecule has 31 heavy (non-hydrogen) atoms. The summed E-state index contributed by atoms with van der Waals surface area (Å²) in [6.07, 6.45) is 5.16. The van der Waals surface area contributed by atoms with E-state index in [1.807, 2.05) is 59.5 Å². The highest BCUT2D eigenvalue weighted by Crippen LogP contribution is 2.23. The van der Waals surface area contributed by atoms with Gasteiger partial charge in [-0.3, -0.25) is 9.78 Å². The molecule has 6 nitrogen and oxygen atoms in total. The second-order valence-corrected chi connectivity index (χ2v) is 7.69. The van der Waals surface area contributed by atoms with Crippen LogP contribution in [0.25, 0.3) is 10.9 Å². The average molecular weight is 420 g/mol. The lowest BCUT2D eigenvalue weighted by Gasteiger charge is -2.26. The van der Waals surface area contributed by atoms with Crippen LogP contribution < -0.4 is 14.8 Å². The van der Waals surface area contributed by atoms with Gasteiger partial charge < -0.3 is 19.7 Å². The van der Waals surface area contributed by atoms with E-state index in [0.29, 0.717) is 19.7 Å². The molecule has 1 aromatic heterocycles. The van der Waals surface area contributed by atoms with Crippen LogP contribution in [0.3, 0.4) is 0 Å². The van der Waals surface area contributed by atoms with Crippen LogP contribution in [-0.4, -0.2) is 48.6 Å². The van der Waals surface area contributed by atoms with Crippen molar-refractivity contribution in [2.45, 2.75) is 25.8 Å². The monoisotopic (exact) mass is 419 g/mol. The SMILES string of the molecule is O=C(COc1ccccc1CNCCOc1cccc2cccnc12)N1CCCCC1. The Balaban J connectivity index is 1.24. The number of aromatic nitrogens is 1. The summed E-state index contributed by atoms with van der Waals surface area (Å²) in [5.41, 5.74) is 1.91. The van der Waals surface area contributed by atoms with Gasteiger partial charge >= 0.3 is 0 Å². The minimum absolute atomic E-state index is 0.0690. The normalized spacial score (nSPS) is 13.9. The smallest absolute Gasteiger partial charge is 0.260 e. The minimum atomic E-state index is 0.0690. The Kier molecular flexibility index (Phi) is 7.34. The minimum Gasteiger partial charge on any atom is -0.490 e. The van der Waals surface area contributed by atoms with Crippen molar-refractivity contribution in [3.05, 3.63) is 66.4 Å². The summed E-state index contributed by atoms with van der Waals surface area (Å²) in [7, 11) is 0. The van der Waals surface area contributed by atoms with Crippen LogP contribution in [0.4, 0.5) is 0 Å². The second kappa shape index (κ2) is 10.8. The number of likely N-dealkylation sites (tertiary alicyclic amines) is 1. The summed E-state index contributed by atoms with van der Waals surface area (Å²) in [5.74, 6) is 1.61. The Labute approximate surface area is 183 Å². The molecular weight excluding hydrogens is 390 g/mol. The maximum Gasteiger partial charge on any atom is 0.260 e. The number of carbonyl (C=O) groups excluding carboxylic acids is 1. The maximum atomic E-state index is 12.4. The van der Waals surface area contributed by atoms with Gasteiger partial charge in [0.25, 0.3) is 5.91 Å². The highest BCUT2D eigenvalue weighted by molar-refractivity contribution is 5.84. The standard InChI is InChI=1S/C25H29N3O3/c29-24(28-15-4-1-5-16-28)19-31-22-11-3-2-8-21(22)18-26-14-17-30-23-12-6-9-20-10-7-13-27-25(20)23/h2-3,6-13,26H,1,4-5,14-19H2. The van der Waals surface area contributed by atoms with Crippen molar-refractivity contribution in [3.63, 3.8) is 0 Å². The lowest BCUT2D eigenvalue weighted by molar-refractivity contribution is -0.134. The van der Waals surface area contributed by atoms with Gasteiger partial charge in [0.1, 0.15) is 23.6 Å². The number of rotatable bonds is 9. The first kappa shape index (κ1) is 21.1. The molecule has 4 rings (SSSR count). The third-order valence-electron chi connectivity index (χ3n) is 5.48. The number of ether oxygens (including phenoxy) is 2. The van der Waals surface area contributed by atoms with Gasteiger partial charge in [0.15, 0.2) is 6.61 Å². The van der Waals surface area contributed by atoms with Gasteiger partial charge in [0, 0.05) is 43.3 Å². The van der Waals surface area contributed by atoms with E-state index in [1.165, 1.54) is 6.42 Å². The molecule has 0 unspecified atom stereocenters. The van der Waals surface area contributed by atoms with Gasteiger partial charge in [-0.1, -0.05) is 36.4 Å². The fourth-order valence-electron chi connectivity index (χ4n) is 3.81. The Morgan fingerprint density at radius 3 is 2.65 bits per heavy atom. The third kappa shape index (κ3) is 5.73. The molecule has 0 bridgehead atoms. The zero-order chi connectivity index (χ0) is 21.3. The first-order valence-electron chi connectivity index (χ1n) is 11.0. The molecule has 3 aromatic rings. The van der Waals surface area contributed by atoms with Crippen LogP contribution in [0.1, 0.15) is 24.8 Å². The number of nitrogens with one attached hydrogen (secondary N) is 1. The Bertz CT molecular complexity index is 997. The Morgan fingerprint density at radius 1 is 0.935 bits per heavy atom. The molecule has 6 heteroatoms. The molecule has 162 valence electrons. The molecule has 1 saturated heterocycles. The number of amides is 1. The van der Waals surface area contributed by atoms with E-state index in [0.717, 1.165) is 53.9 Å². The summed E-state index contributed by atoms with van der Waals surface area (Å²) in [6.45, 7) is 3.64. The van der Waals surface area contributed by atoms with E-state index >= 15 is 0 Å². The summed E-state index contributed by atoms with van der Waals surface area (Å²) in [4.78, 5) is 18.7. The fourth-order valence-corrected chi connectivity index (χ4v) is 3.81. The molecule has 0 saturated carbocycles. The average Bonchev–Trinajstić information content (AvgIpc) is 2.83. The summed E-state index contributed by atoms with van der Waals surface area (Å²) in [6, 6.07) is 17.7. The van der Waals surface area contributed by atoms with Crippen LogP contribution in [0, 0.1) is 0 Å². The molecule has 2 heterocycles. The molecule has 1 aliphatic rings. The molecule has 0 radical (unpaired) electrons. The quantitative estimate of drug-likeness (QED) is 0.535. The molecule has 0 aliphatic carbocycles. The lowest BCUT2D eigenvalue weighted by Crippen LogP contribution is -2.38. The number of hydrogen-bond acceptors (Lipinski definition) is 5. The molecule has 1 aliphatic heterocycles. The van der Waals surface area contributed by atoms with Gasteiger partial charge in [-0.05, 0) is 37.5 Å². The molecular formula is C25H29N3O3. The van der Waals surface area contributed by atoms with E-state index in [9.17, 15) is 4.79 Å². The number of nitrogens with zero attached hydrogens (tertiary/aromatic N) is 2. The van der Waals surface area contributed by atoms with Crippen LogP contribution >= 0.6 is 0 Å². The predicted octanol–water partition coefficient (Wildman–Crippen LogP) is 3.79. The third-order valence-corrected chi connectivity index (χ3v) is 5.48. The van der Waals surface area contributed by atoms with Crippen molar-refractivity contribution in [2.75, 3.05) is 32.8 Å². The maximum absolute atomic E-state index is 12.4. The zero-order valence-electron chi connectivity index (χ0n) is 17.8. The van der Waals surface area contributed by atoms with E-state index in [4.69, 9.17) is 9.47 Å². The number of fused-ring (bicyclic) bond motifs is 1. The van der Waals surface area contributed by atoms with Crippen molar-refractivity contribution in [1.82, 2.24) is 15.2 Å². The number of benzene rings is 2.